The van der Waals surface area contributed by atoms with Crippen LogP contribution < -0.4 is 11.3 Å². The molecule has 1 unspecified atom stereocenters. The van der Waals surface area contributed by atoms with Gasteiger partial charge in [-0.05, 0) is 24.6 Å². The van der Waals surface area contributed by atoms with Crippen molar-refractivity contribution in [2.45, 2.75) is 33.7 Å². The van der Waals surface area contributed by atoms with Crippen LogP contribution in [0.1, 0.15) is 32.9 Å². The number of halogens is 1. The van der Waals surface area contributed by atoms with Crippen molar-refractivity contribution in [2.24, 2.45) is 11.8 Å². The molecule has 0 aliphatic heterocycles. The number of pyridine rings is 1. The second kappa shape index (κ2) is 7.56. The number of nitrogens with two attached hydrogens (primary N) is 1. The van der Waals surface area contributed by atoms with Gasteiger partial charge in [0, 0.05) is 13.1 Å². The lowest BCUT2D eigenvalue weighted by molar-refractivity contribution is 0.235. The van der Waals surface area contributed by atoms with Crippen LogP contribution in [0.15, 0.2) is 12.1 Å². The molecule has 0 aliphatic carbocycles. The molecule has 0 radical (unpaired) electrons. The van der Waals surface area contributed by atoms with Crippen molar-refractivity contribution >= 4 is 17.4 Å². The molecule has 1 aromatic rings. The Bertz CT molecular complexity index is 370. The van der Waals surface area contributed by atoms with E-state index in [0.717, 1.165) is 25.3 Å². The molecule has 1 heterocycles. The van der Waals surface area contributed by atoms with Crippen molar-refractivity contribution in [1.29, 1.82) is 0 Å². The van der Waals surface area contributed by atoms with Crippen molar-refractivity contribution in [1.82, 2.24) is 9.88 Å². The first-order chi connectivity index (χ1) is 8.60. The molecular formula is C13H23ClN4. The lowest BCUT2D eigenvalue weighted by atomic mass is 10.1. The van der Waals surface area contributed by atoms with Crippen LogP contribution in [0.25, 0.3) is 0 Å². The van der Waals surface area contributed by atoms with Crippen molar-refractivity contribution in [2.75, 3.05) is 18.5 Å². The van der Waals surface area contributed by atoms with Crippen molar-refractivity contribution in [3.63, 3.8) is 0 Å². The van der Waals surface area contributed by atoms with Gasteiger partial charge in [0.15, 0.2) is 0 Å². The molecule has 3 N–H and O–H groups in total. The summed E-state index contributed by atoms with van der Waals surface area (Å²) in [5.41, 5.74) is 3.42. The third-order valence-electron chi connectivity index (χ3n) is 3.15. The molecule has 1 atom stereocenters. The van der Waals surface area contributed by atoms with Gasteiger partial charge < -0.3 is 5.43 Å². The Labute approximate surface area is 114 Å². The van der Waals surface area contributed by atoms with E-state index in [4.69, 9.17) is 17.4 Å². The Kier molecular flexibility index (Phi) is 6.39. The molecule has 5 heteroatoms. The summed E-state index contributed by atoms with van der Waals surface area (Å²) in [7, 11) is 0. The maximum absolute atomic E-state index is 6.17. The largest absolute Gasteiger partial charge is 0.308 e. The maximum atomic E-state index is 6.17. The normalized spacial score (nSPS) is 12.8. The smallest absolute Gasteiger partial charge is 0.140 e. The average molecular weight is 271 g/mol. The molecule has 0 amide bonds. The molecule has 4 nitrogen and oxygen atoms in total. The number of aromatic nitrogens is 1. The monoisotopic (exact) mass is 270 g/mol. The van der Waals surface area contributed by atoms with Crippen LogP contribution in [0.3, 0.4) is 0 Å². The SMILES string of the molecule is CCC(C)CN(CC)Cc1nc(NN)ccc1Cl. The van der Waals surface area contributed by atoms with Crippen LogP contribution in [-0.4, -0.2) is 23.0 Å². The van der Waals surface area contributed by atoms with E-state index in [1.807, 2.05) is 6.07 Å². The fraction of sp³-hybridized carbons (Fsp3) is 0.615. The first-order valence-electron chi connectivity index (χ1n) is 6.45. The second-order valence-corrected chi connectivity index (χ2v) is 5.02. The van der Waals surface area contributed by atoms with E-state index in [1.54, 1.807) is 6.07 Å². The lowest BCUT2D eigenvalue weighted by Gasteiger charge is -2.23. The molecule has 0 saturated carbocycles. The first-order valence-corrected chi connectivity index (χ1v) is 6.82. The Morgan fingerprint density at radius 3 is 2.72 bits per heavy atom. The average Bonchev–Trinajstić information content (AvgIpc) is 2.39. The van der Waals surface area contributed by atoms with E-state index in [2.05, 4.69) is 36.1 Å². The van der Waals surface area contributed by atoms with Gasteiger partial charge in [-0.2, -0.15) is 0 Å². The molecular weight excluding hydrogens is 248 g/mol. The van der Waals surface area contributed by atoms with Gasteiger partial charge >= 0.3 is 0 Å². The summed E-state index contributed by atoms with van der Waals surface area (Å²) in [4.78, 5) is 6.75. The molecule has 0 spiro atoms. The van der Waals surface area contributed by atoms with Gasteiger partial charge in [0.1, 0.15) is 5.82 Å². The molecule has 18 heavy (non-hydrogen) atoms. The number of hydrogen-bond acceptors (Lipinski definition) is 4. The minimum Gasteiger partial charge on any atom is -0.308 e. The number of anilines is 1. The van der Waals surface area contributed by atoms with Gasteiger partial charge in [-0.15, -0.1) is 0 Å². The summed E-state index contributed by atoms with van der Waals surface area (Å²) in [6, 6.07) is 3.60. The second-order valence-electron chi connectivity index (χ2n) is 4.61. The topological polar surface area (TPSA) is 54.2 Å². The fourth-order valence-electron chi connectivity index (χ4n) is 1.76. The maximum Gasteiger partial charge on any atom is 0.140 e. The minimum absolute atomic E-state index is 0.647. The minimum atomic E-state index is 0.647. The highest BCUT2D eigenvalue weighted by atomic mass is 35.5. The Balaban J connectivity index is 2.74. The van der Waals surface area contributed by atoms with E-state index in [-0.39, 0.29) is 0 Å². The zero-order valence-electron chi connectivity index (χ0n) is 11.4. The van der Waals surface area contributed by atoms with E-state index in [9.17, 15) is 0 Å². The van der Waals surface area contributed by atoms with E-state index < -0.39 is 0 Å². The number of hydrogen-bond donors (Lipinski definition) is 2. The summed E-state index contributed by atoms with van der Waals surface area (Å²) in [6.45, 7) is 9.43. The summed E-state index contributed by atoms with van der Waals surface area (Å²) >= 11 is 6.17. The Morgan fingerprint density at radius 1 is 1.44 bits per heavy atom. The van der Waals surface area contributed by atoms with Gasteiger partial charge in [0.2, 0.25) is 0 Å². The van der Waals surface area contributed by atoms with Crippen LogP contribution in [0.5, 0.6) is 0 Å². The number of nitrogen functional groups attached to an aromatic ring is 1. The molecule has 102 valence electrons. The zero-order chi connectivity index (χ0) is 13.5. The van der Waals surface area contributed by atoms with Crippen LogP contribution >= 0.6 is 11.6 Å². The number of hydrazine groups is 1. The lowest BCUT2D eigenvalue weighted by Crippen LogP contribution is -2.28. The summed E-state index contributed by atoms with van der Waals surface area (Å²) in [5.74, 6) is 6.69. The molecule has 0 aliphatic rings. The highest BCUT2D eigenvalue weighted by molar-refractivity contribution is 6.31. The molecule has 0 saturated heterocycles. The van der Waals surface area contributed by atoms with Crippen molar-refractivity contribution < 1.29 is 0 Å². The van der Waals surface area contributed by atoms with Gasteiger partial charge in [0.25, 0.3) is 0 Å². The van der Waals surface area contributed by atoms with Gasteiger partial charge in [0.05, 0.1) is 10.7 Å². The van der Waals surface area contributed by atoms with Crippen molar-refractivity contribution in [3.8, 4) is 0 Å². The van der Waals surface area contributed by atoms with E-state index in [0.29, 0.717) is 16.8 Å². The van der Waals surface area contributed by atoms with Gasteiger partial charge in [-0.3, -0.25) is 4.90 Å². The summed E-state index contributed by atoms with van der Waals surface area (Å²) in [5, 5.41) is 0.691. The Morgan fingerprint density at radius 2 is 2.17 bits per heavy atom. The Hall–Kier alpha value is -0.840. The third kappa shape index (κ3) is 4.44. The fourth-order valence-corrected chi connectivity index (χ4v) is 1.93. The van der Waals surface area contributed by atoms with E-state index >= 15 is 0 Å². The molecule has 0 fully saturated rings. The van der Waals surface area contributed by atoms with Crippen LogP contribution in [0.2, 0.25) is 5.02 Å². The van der Waals surface area contributed by atoms with Crippen LogP contribution in [-0.2, 0) is 6.54 Å². The summed E-state index contributed by atoms with van der Waals surface area (Å²) in [6.07, 6.45) is 1.18. The molecule has 0 aromatic carbocycles. The standard InChI is InChI=1S/C13H23ClN4/c1-4-10(3)8-18(5-2)9-12-11(14)6-7-13(16-12)17-15/h6-7,10H,4-5,8-9,15H2,1-3H3,(H,16,17). The van der Waals surface area contributed by atoms with Crippen LogP contribution in [0, 0.1) is 5.92 Å². The molecule has 1 rings (SSSR count). The molecule has 1 aromatic heterocycles. The number of nitrogens with one attached hydrogen (secondary N) is 1. The van der Waals surface area contributed by atoms with Gasteiger partial charge in [-0.25, -0.2) is 10.8 Å². The zero-order valence-corrected chi connectivity index (χ0v) is 12.2. The number of nitrogens with zero attached hydrogens (tertiary/aromatic N) is 2. The highest BCUT2D eigenvalue weighted by Crippen LogP contribution is 2.18. The van der Waals surface area contributed by atoms with Crippen molar-refractivity contribution in [3.05, 3.63) is 22.8 Å². The van der Waals surface area contributed by atoms with Crippen LogP contribution in [0.4, 0.5) is 5.82 Å². The molecule has 0 bridgehead atoms. The first kappa shape index (κ1) is 15.2. The van der Waals surface area contributed by atoms with Gasteiger partial charge in [-0.1, -0.05) is 38.8 Å². The predicted octanol–water partition coefficient (Wildman–Crippen LogP) is 2.89. The number of rotatable bonds is 7. The quantitative estimate of drug-likeness (QED) is 0.591. The van der Waals surface area contributed by atoms with E-state index in [1.165, 1.54) is 6.42 Å². The highest BCUT2D eigenvalue weighted by Gasteiger charge is 2.11. The summed E-state index contributed by atoms with van der Waals surface area (Å²) < 4.78 is 0. The third-order valence-corrected chi connectivity index (χ3v) is 3.50. The predicted molar refractivity (Wildman–Crippen MR) is 77.5 cm³/mol.